The number of phenolic OH excluding ortho intramolecular Hbond substituents is 1. The van der Waals surface area contributed by atoms with Crippen LogP contribution in [0.1, 0.15) is 88.8 Å². The smallest absolute Gasteiger partial charge is 0.507 e. The molecule has 0 amide bonds. The summed E-state index contributed by atoms with van der Waals surface area (Å²) in [4.78, 5) is 0. The molecule has 0 bridgehead atoms. The topological polar surface area (TPSA) is 76.5 Å². The van der Waals surface area contributed by atoms with E-state index in [0.29, 0.717) is 29.8 Å². The molecule has 0 fully saturated rings. The first-order valence-corrected chi connectivity index (χ1v) is 13.1. The van der Waals surface area contributed by atoms with Gasteiger partial charge in [0.1, 0.15) is 17.2 Å². The molecule has 2 N–H and O–H groups in total. The molecule has 0 saturated heterocycles. The van der Waals surface area contributed by atoms with Gasteiger partial charge in [-0.3, -0.25) is 0 Å². The molecule has 1 unspecified atom stereocenters. The Balaban J connectivity index is 2.09. The lowest BCUT2D eigenvalue weighted by atomic mass is 9.92. The Morgan fingerprint density at radius 2 is 1.89 bits per heavy atom. The van der Waals surface area contributed by atoms with Gasteiger partial charge in [0.15, 0.2) is 5.82 Å². The first-order chi connectivity index (χ1) is 17.3. The van der Waals surface area contributed by atoms with E-state index in [4.69, 9.17) is 4.74 Å². The zero-order valence-corrected chi connectivity index (χ0v) is 21.5. The molecule has 6 nitrogen and oxygen atoms in total. The van der Waals surface area contributed by atoms with Crippen molar-refractivity contribution in [3.05, 3.63) is 28.8 Å². The van der Waals surface area contributed by atoms with Crippen LogP contribution in [0.15, 0.2) is 12.1 Å². The van der Waals surface area contributed by atoms with Crippen LogP contribution >= 0.6 is 0 Å². The number of phenols is 1. The molecule has 3 rings (SSSR count). The fourth-order valence-corrected chi connectivity index (χ4v) is 4.70. The van der Waals surface area contributed by atoms with Crippen molar-refractivity contribution in [2.45, 2.75) is 104 Å². The van der Waals surface area contributed by atoms with Gasteiger partial charge in [-0.05, 0) is 55.7 Å². The summed E-state index contributed by atoms with van der Waals surface area (Å²) >= 11 is 0. The normalized spacial score (nSPS) is 14.7. The molecule has 0 saturated carbocycles. The standard InChI is InChI=1S/C27H38F3N3O3/c1-4-7-9-11-19(6-3)31-26-22(12-8-5-2)21-13-10-14-35-17-18-15-20(36-27(28,29)30)16-23(34)24(18)25(21)32-33-26/h15-16,19,34H,4-14,17H2,1-3H3,(H,31,33). The van der Waals surface area contributed by atoms with Crippen LogP contribution in [0.4, 0.5) is 19.0 Å². The molecular formula is C27H38F3N3O3. The number of rotatable bonds is 11. The van der Waals surface area contributed by atoms with Crippen LogP contribution in [0.25, 0.3) is 11.3 Å². The first kappa shape index (κ1) is 28.0. The van der Waals surface area contributed by atoms with Crippen molar-refractivity contribution in [1.82, 2.24) is 10.2 Å². The summed E-state index contributed by atoms with van der Waals surface area (Å²) < 4.78 is 48.3. The van der Waals surface area contributed by atoms with Crippen molar-refractivity contribution in [1.29, 1.82) is 0 Å². The van der Waals surface area contributed by atoms with Crippen molar-refractivity contribution in [2.24, 2.45) is 0 Å². The largest absolute Gasteiger partial charge is 0.573 e. The molecule has 200 valence electrons. The lowest BCUT2D eigenvalue weighted by molar-refractivity contribution is -0.274. The van der Waals surface area contributed by atoms with Crippen molar-refractivity contribution in [3.63, 3.8) is 0 Å². The summed E-state index contributed by atoms with van der Waals surface area (Å²) in [5, 5.41) is 23.6. The molecule has 1 aliphatic rings. The number of nitrogens with zero attached hydrogens (tertiary/aromatic N) is 2. The van der Waals surface area contributed by atoms with Crippen molar-refractivity contribution in [3.8, 4) is 22.8 Å². The van der Waals surface area contributed by atoms with E-state index in [2.05, 4.69) is 41.0 Å². The Bertz CT molecular complexity index is 998. The molecule has 36 heavy (non-hydrogen) atoms. The molecule has 0 radical (unpaired) electrons. The molecule has 1 atom stereocenters. The van der Waals surface area contributed by atoms with Crippen molar-refractivity contribution >= 4 is 5.82 Å². The van der Waals surface area contributed by atoms with Gasteiger partial charge < -0.3 is 19.9 Å². The van der Waals surface area contributed by atoms with Crippen LogP contribution in [0, 0.1) is 0 Å². The zero-order valence-electron chi connectivity index (χ0n) is 21.5. The van der Waals surface area contributed by atoms with E-state index < -0.39 is 12.1 Å². The van der Waals surface area contributed by atoms with Gasteiger partial charge >= 0.3 is 6.36 Å². The minimum Gasteiger partial charge on any atom is -0.507 e. The number of hydrogen-bond donors (Lipinski definition) is 2. The number of hydrogen-bond acceptors (Lipinski definition) is 6. The first-order valence-electron chi connectivity index (χ1n) is 13.1. The third-order valence-corrected chi connectivity index (χ3v) is 6.57. The number of unbranched alkanes of at least 4 members (excludes halogenated alkanes) is 3. The summed E-state index contributed by atoms with van der Waals surface area (Å²) in [7, 11) is 0. The average molecular weight is 510 g/mol. The average Bonchev–Trinajstić information content (AvgIpc) is 2.90. The van der Waals surface area contributed by atoms with Crippen molar-refractivity contribution < 1.29 is 27.8 Å². The van der Waals surface area contributed by atoms with E-state index in [9.17, 15) is 18.3 Å². The van der Waals surface area contributed by atoms with E-state index in [-0.39, 0.29) is 18.4 Å². The summed E-state index contributed by atoms with van der Waals surface area (Å²) in [5.41, 5.74) is 3.28. The lowest BCUT2D eigenvalue weighted by Gasteiger charge is -2.23. The second kappa shape index (κ2) is 13.1. The Hall–Kier alpha value is -2.55. The summed E-state index contributed by atoms with van der Waals surface area (Å²) in [6.07, 6.45) is 4.82. The number of fused-ring (bicyclic) bond motifs is 3. The molecule has 2 aromatic rings. The fraction of sp³-hybridized carbons (Fsp3) is 0.630. The van der Waals surface area contributed by atoms with Gasteiger partial charge in [0.25, 0.3) is 0 Å². The zero-order chi connectivity index (χ0) is 26.1. The maximum atomic E-state index is 12.8. The summed E-state index contributed by atoms with van der Waals surface area (Å²) in [5.74, 6) is -0.0526. The fourth-order valence-electron chi connectivity index (χ4n) is 4.70. The van der Waals surface area contributed by atoms with Gasteiger partial charge in [0.05, 0.1) is 6.61 Å². The Morgan fingerprint density at radius 1 is 1.11 bits per heavy atom. The Labute approximate surface area is 211 Å². The predicted molar refractivity (Wildman–Crippen MR) is 134 cm³/mol. The molecular weight excluding hydrogens is 471 g/mol. The van der Waals surface area contributed by atoms with Crippen LogP contribution in [0.2, 0.25) is 0 Å². The van der Waals surface area contributed by atoms with Crippen LogP contribution in [-0.4, -0.2) is 34.3 Å². The maximum absolute atomic E-state index is 12.8. The van der Waals surface area contributed by atoms with Gasteiger partial charge in [0, 0.05) is 29.8 Å². The monoisotopic (exact) mass is 509 g/mol. The second-order valence-electron chi connectivity index (χ2n) is 9.38. The molecule has 0 aliphatic carbocycles. The number of ether oxygens (including phenoxy) is 2. The quantitative estimate of drug-likeness (QED) is 0.309. The van der Waals surface area contributed by atoms with Crippen molar-refractivity contribution in [2.75, 3.05) is 11.9 Å². The summed E-state index contributed by atoms with van der Waals surface area (Å²) in [6, 6.07) is 2.53. The lowest BCUT2D eigenvalue weighted by Crippen LogP contribution is -2.22. The minimum absolute atomic E-state index is 0.0404. The Morgan fingerprint density at radius 3 is 2.58 bits per heavy atom. The molecule has 1 aromatic heterocycles. The van der Waals surface area contributed by atoms with Crippen LogP contribution in [0.3, 0.4) is 0 Å². The molecule has 2 heterocycles. The van der Waals surface area contributed by atoms with E-state index >= 15 is 0 Å². The Kier molecular flexibility index (Phi) is 10.2. The second-order valence-corrected chi connectivity index (χ2v) is 9.38. The van der Waals surface area contributed by atoms with E-state index in [1.165, 1.54) is 12.5 Å². The van der Waals surface area contributed by atoms with Gasteiger partial charge in [-0.1, -0.05) is 46.5 Å². The number of nitrogens with one attached hydrogen (secondary N) is 1. The van der Waals surface area contributed by atoms with E-state index in [1.807, 2.05) is 0 Å². The highest BCUT2D eigenvalue weighted by Gasteiger charge is 2.32. The number of anilines is 1. The van der Waals surface area contributed by atoms with Crippen LogP contribution in [0.5, 0.6) is 11.5 Å². The van der Waals surface area contributed by atoms with E-state index in [1.54, 1.807) is 0 Å². The van der Waals surface area contributed by atoms with Gasteiger partial charge in [-0.25, -0.2) is 0 Å². The highest BCUT2D eigenvalue weighted by molar-refractivity contribution is 5.76. The van der Waals surface area contributed by atoms with Gasteiger partial charge in [0.2, 0.25) is 0 Å². The highest BCUT2D eigenvalue weighted by Crippen LogP contribution is 2.41. The molecule has 1 aromatic carbocycles. The number of benzene rings is 1. The van der Waals surface area contributed by atoms with Crippen LogP contribution in [-0.2, 0) is 24.2 Å². The number of halogens is 3. The number of alkyl halides is 3. The maximum Gasteiger partial charge on any atom is 0.573 e. The van der Waals surface area contributed by atoms with Gasteiger partial charge in [-0.15, -0.1) is 23.4 Å². The predicted octanol–water partition coefficient (Wildman–Crippen LogP) is 7.32. The number of aromatic nitrogens is 2. The minimum atomic E-state index is -4.86. The third kappa shape index (κ3) is 7.48. The third-order valence-electron chi connectivity index (χ3n) is 6.57. The van der Waals surface area contributed by atoms with E-state index in [0.717, 1.165) is 74.4 Å². The summed E-state index contributed by atoms with van der Waals surface area (Å²) in [6.45, 7) is 6.96. The SMILES string of the molecule is CCCCCC(CC)Nc1nnc2c(c1CCCC)CCCOCc1cc(OC(F)(F)F)cc(O)c1-2. The molecule has 1 aliphatic heterocycles. The molecule has 0 spiro atoms. The van der Waals surface area contributed by atoms with Crippen LogP contribution < -0.4 is 10.1 Å². The van der Waals surface area contributed by atoms with Gasteiger partial charge in [-0.2, -0.15) is 0 Å². The molecule has 9 heteroatoms. The number of aromatic hydroxyl groups is 1. The highest BCUT2D eigenvalue weighted by atomic mass is 19.4.